The van der Waals surface area contributed by atoms with E-state index < -0.39 is 32.3 Å². The Bertz CT molecular complexity index is 3780. The number of halogens is 1. The van der Waals surface area contributed by atoms with Crippen molar-refractivity contribution in [2.24, 2.45) is 0 Å². The molecule has 0 saturated carbocycles. The summed E-state index contributed by atoms with van der Waals surface area (Å²) in [6, 6.07) is 63.1. The predicted molar refractivity (Wildman–Crippen MR) is 360 cm³/mol. The van der Waals surface area contributed by atoms with Crippen LogP contribution in [-0.2, 0) is 27.9 Å². The summed E-state index contributed by atoms with van der Waals surface area (Å²) in [5.74, 6) is 0. The van der Waals surface area contributed by atoms with Crippen molar-refractivity contribution in [1.82, 2.24) is 19.9 Å². The van der Waals surface area contributed by atoms with Crippen molar-refractivity contribution in [3.63, 3.8) is 0 Å². The number of pyridine rings is 4. The molecular weight excluding hydrogens is 1110 g/mol. The fourth-order valence-corrected chi connectivity index (χ4v) is 10.9. The van der Waals surface area contributed by atoms with Crippen molar-refractivity contribution in [3.8, 4) is 89.0 Å². The molecule has 442 valence electrons. The zero-order valence-electron chi connectivity index (χ0n) is 52.3. The molecule has 0 spiro atoms. The van der Waals surface area contributed by atoms with Gasteiger partial charge >= 0.3 is 21.1 Å². The van der Waals surface area contributed by atoms with Gasteiger partial charge in [-0.3, -0.25) is 19.9 Å². The molecule has 0 N–H and O–H groups in total. The third-order valence-corrected chi connectivity index (χ3v) is 18.1. The highest BCUT2D eigenvalue weighted by molar-refractivity contribution is 7.11. The van der Waals surface area contributed by atoms with Crippen molar-refractivity contribution >= 4 is 38.2 Å². The summed E-state index contributed by atoms with van der Waals surface area (Å²) < 4.78 is 36.8. The Morgan fingerprint density at radius 3 is 0.727 bits per heavy atom. The number of nitrogens with zero attached hydrogens (tertiary/aromatic N) is 4. The molecule has 10 aromatic rings. The molecule has 88 heavy (non-hydrogen) atoms. The van der Waals surface area contributed by atoms with Crippen LogP contribution in [0.1, 0.15) is 83.1 Å². The second kappa shape index (κ2) is 25.0. The quantitative estimate of drug-likeness (QED) is 0.123. The van der Waals surface area contributed by atoms with Crippen LogP contribution in [0.2, 0.25) is 5.02 Å². The largest absolute Gasteiger partial charge is 0.494 e. The van der Waals surface area contributed by atoms with Gasteiger partial charge in [0.2, 0.25) is 0 Å². The van der Waals surface area contributed by atoms with Gasteiger partial charge in [-0.1, -0.05) is 121 Å². The van der Waals surface area contributed by atoms with Crippen LogP contribution in [0.5, 0.6) is 0 Å². The third-order valence-electron chi connectivity index (χ3n) is 17.9. The summed E-state index contributed by atoms with van der Waals surface area (Å²) in [6.45, 7) is 24.6. The molecule has 0 aliphatic carbocycles. The zero-order valence-corrected chi connectivity index (χ0v) is 53.0. The minimum Gasteiger partial charge on any atom is -0.405 e. The Hall–Kier alpha value is -7.84. The minimum atomic E-state index is -0.476. The van der Waals surface area contributed by atoms with E-state index in [9.17, 15) is 0 Å². The Kier molecular flexibility index (Phi) is 17.5. The first kappa shape index (κ1) is 61.8. The maximum Gasteiger partial charge on any atom is 0.494 e. The van der Waals surface area contributed by atoms with Gasteiger partial charge < -0.3 is 27.9 Å². The van der Waals surface area contributed by atoms with Crippen molar-refractivity contribution in [1.29, 1.82) is 0 Å². The molecule has 3 saturated heterocycles. The fraction of sp³-hybridized carbons (Fsp3) is 0.243. The molecule has 14 heteroatoms. The Morgan fingerprint density at radius 1 is 0.261 bits per heavy atom. The van der Waals surface area contributed by atoms with Crippen LogP contribution < -0.4 is 5.46 Å². The van der Waals surface area contributed by atoms with Gasteiger partial charge in [-0.15, -0.1) is 0 Å². The van der Waals surface area contributed by atoms with Gasteiger partial charge in [0.25, 0.3) is 0 Å². The van der Waals surface area contributed by atoms with E-state index in [2.05, 4.69) is 193 Å². The molecule has 0 radical (unpaired) electrons. The average Bonchev–Trinajstić information content (AvgIpc) is 3.35. The summed E-state index contributed by atoms with van der Waals surface area (Å²) in [5.41, 5.74) is 16.5. The molecule has 7 heterocycles. The van der Waals surface area contributed by atoms with E-state index >= 15 is 0 Å². The van der Waals surface area contributed by atoms with Gasteiger partial charge in [-0.2, -0.15) is 0 Å². The lowest BCUT2D eigenvalue weighted by atomic mass is 9.49. The van der Waals surface area contributed by atoms with E-state index in [0.29, 0.717) is 5.02 Å². The molecule has 3 aliphatic heterocycles. The molecule has 3 fully saturated rings. The van der Waals surface area contributed by atoms with Crippen molar-refractivity contribution in [2.75, 3.05) is 0 Å². The minimum absolute atomic E-state index is 0.360. The van der Waals surface area contributed by atoms with E-state index in [0.717, 1.165) is 94.5 Å². The van der Waals surface area contributed by atoms with Crippen molar-refractivity contribution < 1.29 is 27.9 Å². The Morgan fingerprint density at radius 2 is 0.477 bits per heavy atom. The molecule has 3 aliphatic rings. The van der Waals surface area contributed by atoms with E-state index in [1.165, 1.54) is 0 Å². The number of hydrogen-bond acceptors (Lipinski definition) is 10. The maximum absolute atomic E-state index is 6.54. The summed E-state index contributed by atoms with van der Waals surface area (Å²) in [6.07, 6.45) is 14.7. The second-order valence-electron chi connectivity index (χ2n) is 25.7. The lowest BCUT2D eigenvalue weighted by Crippen LogP contribution is -2.41. The molecule has 0 amide bonds. The molecule has 4 aromatic heterocycles. The third kappa shape index (κ3) is 13.6. The molecule has 13 rings (SSSR count). The van der Waals surface area contributed by atoms with Gasteiger partial charge in [0.1, 0.15) is 0 Å². The summed E-state index contributed by atoms with van der Waals surface area (Å²) in [4.78, 5) is 17.1. The van der Waals surface area contributed by atoms with E-state index in [1.54, 1.807) is 24.8 Å². The molecule has 10 nitrogen and oxygen atoms in total. The summed E-state index contributed by atoms with van der Waals surface area (Å²) in [5, 5.41) is 0.714. The van der Waals surface area contributed by atoms with Crippen LogP contribution in [0, 0.1) is 0 Å². The van der Waals surface area contributed by atoms with Gasteiger partial charge in [-0.05, 0) is 228 Å². The standard InChI is InChI=1S/C34H31BN2O2.C28H19ClN2.C12H24B2O4/c1-33(2)34(3,4)39-35(38-33)32-20-30(26-11-5-9-24(17-26)28-13-7-15-36-22-28)19-31(21-32)27-12-6-10-25(18-27)29-14-8-16-37-23-29;29-28-16-26(22-7-1-5-20(13-22)24-9-3-11-30-18-24)15-27(17-28)23-8-2-6-21(14-23)25-10-4-12-31-19-25;1-9(2)10(3,4)16-13(15-9)14-17-11(5,6)12(7,8)18-14/h5-23H,1-4H3;1-19H;1-8H3. The summed E-state index contributed by atoms with van der Waals surface area (Å²) in [7, 11) is -1.41. The number of benzene rings is 6. The molecule has 0 atom stereocenters. The monoisotopic (exact) mass is 1180 g/mol. The maximum atomic E-state index is 6.54. The zero-order chi connectivity index (χ0) is 62.1. The first-order valence-electron chi connectivity index (χ1n) is 30.0. The SMILES string of the molecule is CC1(C)OB(B2OC(C)(C)C(C)(C)O2)OC1(C)C.CC1(C)OB(c2cc(-c3cccc(-c4cccnc4)c3)cc(-c3cccc(-c4cccnc4)c3)c2)OC1(C)C.Clc1cc(-c2cccc(-c3cccnc3)c2)cc(-c2cccc(-c3cccnc3)c2)c1. The Labute approximate surface area is 525 Å². The van der Waals surface area contributed by atoms with Crippen molar-refractivity contribution in [3.05, 3.63) is 237 Å². The molecular formula is C74H74B3ClN4O6. The fourth-order valence-electron chi connectivity index (χ4n) is 10.7. The van der Waals surface area contributed by atoms with Crippen LogP contribution in [0.15, 0.2) is 232 Å². The smallest absolute Gasteiger partial charge is 0.405 e. The molecule has 6 aromatic carbocycles. The van der Waals surface area contributed by atoms with E-state index in [4.69, 9.17) is 39.5 Å². The van der Waals surface area contributed by atoms with Crippen LogP contribution in [-0.4, -0.2) is 74.7 Å². The van der Waals surface area contributed by atoms with Gasteiger partial charge in [0.05, 0.1) is 33.6 Å². The lowest BCUT2D eigenvalue weighted by molar-refractivity contribution is 0.00578. The highest BCUT2D eigenvalue weighted by Gasteiger charge is 2.64. The second-order valence-corrected chi connectivity index (χ2v) is 26.1. The highest BCUT2D eigenvalue weighted by Crippen LogP contribution is 2.44. The van der Waals surface area contributed by atoms with Gasteiger partial charge in [0.15, 0.2) is 0 Å². The summed E-state index contributed by atoms with van der Waals surface area (Å²) >= 11 is 6.54. The van der Waals surface area contributed by atoms with Crippen molar-refractivity contribution in [2.45, 2.75) is 117 Å². The topological polar surface area (TPSA) is 107 Å². The number of rotatable bonds is 10. The average molecular weight is 1180 g/mol. The van der Waals surface area contributed by atoms with Crippen LogP contribution in [0.25, 0.3) is 89.0 Å². The highest BCUT2D eigenvalue weighted by atomic mass is 35.5. The molecule has 0 bridgehead atoms. The van der Waals surface area contributed by atoms with Crippen LogP contribution in [0.3, 0.4) is 0 Å². The first-order valence-corrected chi connectivity index (χ1v) is 30.4. The van der Waals surface area contributed by atoms with E-state index in [-0.39, 0.29) is 22.4 Å². The van der Waals surface area contributed by atoms with Gasteiger partial charge in [0, 0.05) is 76.9 Å². The first-order chi connectivity index (χ1) is 41.9. The lowest BCUT2D eigenvalue weighted by Gasteiger charge is -2.32. The molecule has 0 unspecified atom stereocenters. The number of aromatic nitrogens is 4. The predicted octanol–water partition coefficient (Wildman–Crippen LogP) is 17.5. The van der Waals surface area contributed by atoms with E-state index in [1.807, 2.05) is 117 Å². The number of hydrogen-bond donors (Lipinski definition) is 0. The van der Waals surface area contributed by atoms with Crippen LogP contribution >= 0.6 is 11.6 Å². The normalized spacial score (nSPS) is 17.4. The van der Waals surface area contributed by atoms with Gasteiger partial charge in [-0.25, -0.2) is 0 Å². The Balaban J connectivity index is 0.000000146. The van der Waals surface area contributed by atoms with Crippen LogP contribution in [0.4, 0.5) is 0 Å².